The van der Waals surface area contributed by atoms with E-state index < -0.39 is 12.0 Å². The molecule has 0 radical (unpaired) electrons. The lowest BCUT2D eigenvalue weighted by molar-refractivity contribution is -0.139. The molecule has 0 fully saturated rings. The van der Waals surface area contributed by atoms with Crippen LogP contribution in [0.3, 0.4) is 0 Å². The van der Waals surface area contributed by atoms with Gasteiger partial charge in [0.1, 0.15) is 6.61 Å². The van der Waals surface area contributed by atoms with Gasteiger partial charge >= 0.3 is 5.97 Å². The van der Waals surface area contributed by atoms with E-state index in [0.29, 0.717) is 48.8 Å². The van der Waals surface area contributed by atoms with Crippen LogP contribution in [0.2, 0.25) is 10.0 Å². The highest BCUT2D eigenvalue weighted by atomic mass is 35.5. The van der Waals surface area contributed by atoms with Gasteiger partial charge in [-0.25, -0.2) is 9.79 Å². The molecule has 0 N–H and O–H groups in total. The number of carbonyl (C=O) groups excluding carboxylic acids is 1. The van der Waals surface area contributed by atoms with Crippen molar-refractivity contribution in [1.29, 1.82) is 0 Å². The molecule has 5 rings (SSSR count). The summed E-state index contributed by atoms with van der Waals surface area (Å²) in [6, 6.07) is 19.4. The molecule has 1 aliphatic rings. The molecule has 3 aromatic carbocycles. The number of hydrogen-bond acceptors (Lipinski definition) is 7. The summed E-state index contributed by atoms with van der Waals surface area (Å²) in [6.07, 6.45) is 1.78. The van der Waals surface area contributed by atoms with E-state index in [2.05, 4.69) is 4.99 Å². The number of allylic oxidation sites excluding steroid dienone is 1. The lowest BCUT2D eigenvalue weighted by Gasteiger charge is -2.24. The third kappa shape index (κ3) is 6.16. The van der Waals surface area contributed by atoms with Crippen molar-refractivity contribution in [2.75, 3.05) is 13.2 Å². The van der Waals surface area contributed by atoms with Crippen molar-refractivity contribution in [3.8, 4) is 11.5 Å². The van der Waals surface area contributed by atoms with E-state index in [-0.39, 0.29) is 18.8 Å². The third-order valence-corrected chi connectivity index (χ3v) is 8.21. The maximum absolute atomic E-state index is 13.9. The van der Waals surface area contributed by atoms with Crippen LogP contribution in [0.1, 0.15) is 43.5 Å². The zero-order chi connectivity index (χ0) is 29.8. The van der Waals surface area contributed by atoms with Crippen LogP contribution in [0, 0.1) is 0 Å². The number of ether oxygens (including phenoxy) is 3. The molecule has 0 amide bonds. The fourth-order valence-corrected chi connectivity index (χ4v) is 6.04. The highest BCUT2D eigenvalue weighted by Gasteiger charge is 2.33. The molecule has 1 aliphatic heterocycles. The Labute approximate surface area is 256 Å². The zero-order valence-electron chi connectivity index (χ0n) is 23.2. The summed E-state index contributed by atoms with van der Waals surface area (Å²) in [6.45, 7) is 6.30. The number of thiazole rings is 1. The molecule has 0 saturated carbocycles. The highest BCUT2D eigenvalue weighted by molar-refractivity contribution is 7.07. The van der Waals surface area contributed by atoms with Crippen molar-refractivity contribution in [3.05, 3.63) is 124 Å². The molecule has 7 nitrogen and oxygen atoms in total. The van der Waals surface area contributed by atoms with E-state index >= 15 is 0 Å². The van der Waals surface area contributed by atoms with Crippen molar-refractivity contribution >= 4 is 46.6 Å². The van der Waals surface area contributed by atoms with E-state index in [0.717, 1.165) is 16.7 Å². The van der Waals surface area contributed by atoms with E-state index in [4.69, 9.17) is 37.4 Å². The van der Waals surface area contributed by atoms with Crippen LogP contribution in [0.4, 0.5) is 0 Å². The van der Waals surface area contributed by atoms with Crippen LogP contribution in [0.5, 0.6) is 11.5 Å². The minimum absolute atomic E-state index is 0.202. The Morgan fingerprint density at radius 3 is 2.48 bits per heavy atom. The predicted octanol–water partition coefficient (Wildman–Crippen LogP) is 6.08. The topological polar surface area (TPSA) is 79.1 Å². The normalized spacial score (nSPS) is 14.8. The molecule has 1 unspecified atom stereocenters. The largest absolute Gasteiger partial charge is 0.490 e. The van der Waals surface area contributed by atoms with E-state index in [1.165, 1.54) is 11.3 Å². The van der Waals surface area contributed by atoms with Gasteiger partial charge in [0.15, 0.2) is 16.3 Å². The van der Waals surface area contributed by atoms with Crippen LogP contribution in [0.15, 0.2) is 87.8 Å². The molecule has 1 aromatic heterocycles. The Balaban J connectivity index is 1.55. The summed E-state index contributed by atoms with van der Waals surface area (Å²) < 4.78 is 19.2. The van der Waals surface area contributed by atoms with Gasteiger partial charge in [0.05, 0.1) is 35.1 Å². The van der Waals surface area contributed by atoms with Gasteiger partial charge in [-0.3, -0.25) is 9.36 Å². The first kappa shape index (κ1) is 29.6. The van der Waals surface area contributed by atoms with Crippen molar-refractivity contribution in [3.63, 3.8) is 0 Å². The van der Waals surface area contributed by atoms with E-state index in [9.17, 15) is 9.59 Å². The Bertz CT molecular complexity index is 1840. The van der Waals surface area contributed by atoms with Crippen molar-refractivity contribution in [2.45, 2.75) is 33.4 Å². The van der Waals surface area contributed by atoms with E-state index in [1.54, 1.807) is 48.8 Å². The Hall–Kier alpha value is -3.85. The van der Waals surface area contributed by atoms with Gasteiger partial charge < -0.3 is 14.2 Å². The third-order valence-electron chi connectivity index (χ3n) is 6.61. The van der Waals surface area contributed by atoms with Crippen LogP contribution >= 0.6 is 34.5 Å². The summed E-state index contributed by atoms with van der Waals surface area (Å²) in [7, 11) is 0. The molecular formula is C32H28Cl2N2O5S. The minimum atomic E-state index is -0.709. The van der Waals surface area contributed by atoms with Crippen molar-refractivity contribution < 1.29 is 19.0 Å². The van der Waals surface area contributed by atoms with Gasteiger partial charge in [-0.15, -0.1) is 0 Å². The second-order valence-corrected chi connectivity index (χ2v) is 11.2. The number of benzene rings is 3. The first-order valence-corrected chi connectivity index (χ1v) is 15.0. The first-order chi connectivity index (χ1) is 20.3. The molecule has 0 saturated heterocycles. The fourth-order valence-electron chi connectivity index (χ4n) is 4.68. The number of halogens is 2. The second-order valence-electron chi connectivity index (χ2n) is 9.37. The number of rotatable bonds is 9. The number of aromatic nitrogens is 1. The Morgan fingerprint density at radius 1 is 1.00 bits per heavy atom. The summed E-state index contributed by atoms with van der Waals surface area (Å²) in [5, 5.41) is 1.18. The smallest absolute Gasteiger partial charge is 0.338 e. The Kier molecular flexibility index (Phi) is 9.16. The molecule has 0 spiro atoms. The van der Waals surface area contributed by atoms with Crippen LogP contribution < -0.4 is 24.4 Å². The predicted molar refractivity (Wildman–Crippen MR) is 165 cm³/mol. The number of nitrogens with zero attached hydrogens (tertiary/aromatic N) is 2. The van der Waals surface area contributed by atoms with Crippen molar-refractivity contribution in [1.82, 2.24) is 4.57 Å². The first-order valence-electron chi connectivity index (χ1n) is 13.4. The molecule has 0 bridgehead atoms. The SMILES string of the molecule is CCOC(=O)C1=C(C)N=c2sc(=Cc3ccc(OCc4ccccc4Cl)c(OCC)c3)c(=O)n2C1c1ccc(Cl)cc1. The summed E-state index contributed by atoms with van der Waals surface area (Å²) in [4.78, 5) is 32.1. The highest BCUT2D eigenvalue weighted by Crippen LogP contribution is 2.32. The van der Waals surface area contributed by atoms with Crippen LogP contribution in [-0.2, 0) is 16.1 Å². The molecule has 4 aromatic rings. The maximum Gasteiger partial charge on any atom is 0.338 e. The summed E-state index contributed by atoms with van der Waals surface area (Å²) in [5.41, 5.74) is 2.88. The molecule has 10 heteroatoms. The lowest BCUT2D eigenvalue weighted by atomic mass is 9.96. The van der Waals surface area contributed by atoms with Crippen LogP contribution in [0.25, 0.3) is 6.08 Å². The summed E-state index contributed by atoms with van der Waals surface area (Å²) >= 11 is 13.7. The Morgan fingerprint density at radius 2 is 1.76 bits per heavy atom. The minimum Gasteiger partial charge on any atom is -0.490 e. The zero-order valence-corrected chi connectivity index (χ0v) is 25.6. The molecule has 216 valence electrons. The number of fused-ring (bicyclic) bond motifs is 1. The van der Waals surface area contributed by atoms with Crippen molar-refractivity contribution in [2.24, 2.45) is 4.99 Å². The monoisotopic (exact) mass is 622 g/mol. The number of hydrogen-bond donors (Lipinski definition) is 0. The van der Waals surface area contributed by atoms with E-state index in [1.807, 2.05) is 49.4 Å². The van der Waals surface area contributed by atoms with Gasteiger partial charge in [-0.2, -0.15) is 0 Å². The van der Waals surface area contributed by atoms with Gasteiger partial charge in [0.25, 0.3) is 5.56 Å². The average Bonchev–Trinajstić information content (AvgIpc) is 3.27. The molecule has 0 aliphatic carbocycles. The molecule has 1 atom stereocenters. The lowest BCUT2D eigenvalue weighted by Crippen LogP contribution is -2.39. The average molecular weight is 624 g/mol. The second kappa shape index (κ2) is 13.0. The van der Waals surface area contributed by atoms with Gasteiger partial charge in [-0.1, -0.05) is 70.9 Å². The molecule has 2 heterocycles. The standard InChI is InChI=1S/C32H28Cl2N2O5S/c1-4-39-26-16-20(10-15-25(26)41-18-22-8-6-7-9-24(22)34)17-27-30(37)36-29(21-11-13-23(33)14-12-21)28(31(38)40-5-2)19(3)35-32(36)42-27/h6-17,29H,4-5,18H2,1-3H3. The number of carbonyl (C=O) groups is 1. The van der Waals surface area contributed by atoms with Gasteiger partial charge in [0, 0.05) is 15.6 Å². The quantitative estimate of drug-likeness (QED) is 0.211. The molecular weight excluding hydrogens is 595 g/mol. The van der Waals surface area contributed by atoms with Crippen LogP contribution in [-0.4, -0.2) is 23.8 Å². The number of esters is 1. The maximum atomic E-state index is 13.9. The fraction of sp³-hybridized carbons (Fsp3) is 0.219. The molecule has 42 heavy (non-hydrogen) atoms. The summed E-state index contributed by atoms with van der Waals surface area (Å²) in [5.74, 6) is 0.597. The van der Waals surface area contributed by atoms with Gasteiger partial charge in [0.2, 0.25) is 0 Å². The van der Waals surface area contributed by atoms with Gasteiger partial charge in [-0.05, 0) is 68.3 Å².